The number of rotatable bonds is 7. The van der Waals surface area contributed by atoms with Gasteiger partial charge >= 0.3 is 0 Å². The molecule has 0 aromatic carbocycles. The van der Waals surface area contributed by atoms with Crippen molar-refractivity contribution in [1.29, 1.82) is 0 Å². The number of pyridine rings is 3. The number of aromatic nitrogens is 3. The van der Waals surface area contributed by atoms with E-state index in [1.807, 2.05) is 30.6 Å². The minimum absolute atomic E-state index is 0.251. The van der Waals surface area contributed by atoms with E-state index in [4.69, 9.17) is 14.5 Å². The SMILES string of the molecule is CCN1CC(Oc2cncc(-c3cc(OCc4ccccn4)nc4c3CCCC4)c2)C1. The van der Waals surface area contributed by atoms with Crippen LogP contribution in [0, 0.1) is 0 Å². The summed E-state index contributed by atoms with van der Waals surface area (Å²) in [6.45, 7) is 5.62. The molecule has 4 heterocycles. The fourth-order valence-corrected chi connectivity index (χ4v) is 4.32. The van der Waals surface area contributed by atoms with Crippen LogP contribution < -0.4 is 9.47 Å². The van der Waals surface area contributed by atoms with Crippen molar-refractivity contribution in [3.8, 4) is 22.8 Å². The third-order valence-corrected chi connectivity index (χ3v) is 6.07. The number of likely N-dealkylation sites (tertiary alicyclic amines) is 1. The van der Waals surface area contributed by atoms with Crippen LogP contribution in [0.5, 0.6) is 11.6 Å². The highest BCUT2D eigenvalue weighted by atomic mass is 16.5. The predicted octanol–water partition coefficient (Wildman–Crippen LogP) is 4.08. The van der Waals surface area contributed by atoms with Gasteiger partial charge in [0.15, 0.2) is 0 Å². The Bertz CT molecular complexity index is 1030. The van der Waals surface area contributed by atoms with Crippen LogP contribution in [0.25, 0.3) is 11.1 Å². The van der Waals surface area contributed by atoms with Gasteiger partial charge in [0.05, 0.1) is 11.9 Å². The molecule has 3 aromatic rings. The van der Waals surface area contributed by atoms with Crippen molar-refractivity contribution < 1.29 is 9.47 Å². The Balaban J connectivity index is 1.40. The Morgan fingerprint density at radius 1 is 1.10 bits per heavy atom. The molecule has 0 N–H and O–H groups in total. The van der Waals surface area contributed by atoms with E-state index in [1.165, 1.54) is 18.4 Å². The molecule has 0 amide bonds. The highest BCUT2D eigenvalue weighted by Crippen LogP contribution is 2.35. The lowest BCUT2D eigenvalue weighted by Gasteiger charge is -2.38. The lowest BCUT2D eigenvalue weighted by molar-refractivity contribution is 0.0236. The molecule has 0 radical (unpaired) electrons. The molecule has 2 aliphatic rings. The molecule has 0 bridgehead atoms. The van der Waals surface area contributed by atoms with Crippen molar-refractivity contribution in [2.24, 2.45) is 0 Å². The van der Waals surface area contributed by atoms with E-state index >= 15 is 0 Å². The molecule has 0 atom stereocenters. The van der Waals surface area contributed by atoms with E-state index < -0.39 is 0 Å². The van der Waals surface area contributed by atoms with Crippen molar-refractivity contribution in [2.45, 2.75) is 45.3 Å². The summed E-state index contributed by atoms with van der Waals surface area (Å²) in [6.07, 6.45) is 10.1. The van der Waals surface area contributed by atoms with Gasteiger partial charge in [-0.05, 0) is 61.6 Å². The Morgan fingerprint density at radius 3 is 2.84 bits per heavy atom. The number of likely N-dealkylation sites (N-methyl/N-ethyl adjacent to an activating group) is 1. The molecule has 0 saturated carbocycles. The van der Waals surface area contributed by atoms with Crippen LogP contribution in [-0.2, 0) is 19.4 Å². The Kier molecular flexibility index (Phi) is 5.80. The zero-order valence-electron chi connectivity index (χ0n) is 18.0. The molecule has 1 aliphatic heterocycles. The van der Waals surface area contributed by atoms with Crippen LogP contribution in [-0.4, -0.2) is 45.6 Å². The minimum atomic E-state index is 0.251. The predicted molar refractivity (Wildman–Crippen MR) is 119 cm³/mol. The molecule has 0 spiro atoms. The first-order valence-corrected chi connectivity index (χ1v) is 11.2. The summed E-state index contributed by atoms with van der Waals surface area (Å²) < 4.78 is 12.2. The minimum Gasteiger partial charge on any atom is -0.486 e. The number of aryl methyl sites for hydroxylation is 1. The maximum absolute atomic E-state index is 6.16. The zero-order chi connectivity index (χ0) is 21.0. The molecule has 160 valence electrons. The van der Waals surface area contributed by atoms with Gasteiger partial charge in [0, 0.05) is 42.8 Å². The highest BCUT2D eigenvalue weighted by Gasteiger charge is 2.27. The Labute approximate surface area is 183 Å². The quantitative estimate of drug-likeness (QED) is 0.578. The van der Waals surface area contributed by atoms with Crippen LogP contribution in [0.3, 0.4) is 0 Å². The van der Waals surface area contributed by atoms with E-state index in [0.29, 0.717) is 12.5 Å². The first kappa shape index (κ1) is 19.9. The number of nitrogens with zero attached hydrogens (tertiary/aromatic N) is 4. The van der Waals surface area contributed by atoms with Crippen molar-refractivity contribution >= 4 is 0 Å². The van der Waals surface area contributed by atoms with Gasteiger partial charge in [-0.2, -0.15) is 0 Å². The third kappa shape index (κ3) is 4.54. The van der Waals surface area contributed by atoms with Gasteiger partial charge in [-0.3, -0.25) is 14.9 Å². The van der Waals surface area contributed by atoms with Gasteiger partial charge in [-0.1, -0.05) is 13.0 Å². The fraction of sp³-hybridized carbons (Fsp3) is 0.400. The Morgan fingerprint density at radius 2 is 2.00 bits per heavy atom. The van der Waals surface area contributed by atoms with Crippen LogP contribution in [0.2, 0.25) is 0 Å². The van der Waals surface area contributed by atoms with Gasteiger partial charge in [-0.25, -0.2) is 4.98 Å². The second-order valence-electron chi connectivity index (χ2n) is 8.25. The normalized spacial score (nSPS) is 16.4. The first-order valence-electron chi connectivity index (χ1n) is 11.2. The molecule has 1 fully saturated rings. The van der Waals surface area contributed by atoms with E-state index in [0.717, 1.165) is 60.7 Å². The second-order valence-corrected chi connectivity index (χ2v) is 8.25. The van der Waals surface area contributed by atoms with Gasteiger partial charge in [0.1, 0.15) is 18.5 Å². The van der Waals surface area contributed by atoms with Gasteiger partial charge in [-0.15, -0.1) is 0 Å². The van der Waals surface area contributed by atoms with E-state index in [9.17, 15) is 0 Å². The summed E-state index contributed by atoms with van der Waals surface area (Å²) in [7, 11) is 0. The molecule has 31 heavy (non-hydrogen) atoms. The summed E-state index contributed by atoms with van der Waals surface area (Å²) in [5.41, 5.74) is 5.57. The standard InChI is InChI=1S/C25H28N4O2/c1-2-29-15-21(16-29)31-20-11-18(13-26-14-20)23-12-25(28-24-9-4-3-8-22(23)24)30-17-19-7-5-6-10-27-19/h5-7,10-14,21H,2-4,8-9,15-17H2,1H3. The summed E-state index contributed by atoms with van der Waals surface area (Å²) in [5, 5.41) is 0. The number of ether oxygens (including phenoxy) is 2. The number of hydrogen-bond donors (Lipinski definition) is 0. The monoisotopic (exact) mass is 416 g/mol. The second kappa shape index (κ2) is 9.02. The van der Waals surface area contributed by atoms with Gasteiger partial charge in [0.2, 0.25) is 5.88 Å². The van der Waals surface area contributed by atoms with Crippen molar-refractivity contribution in [2.75, 3.05) is 19.6 Å². The van der Waals surface area contributed by atoms with Crippen LogP contribution >= 0.6 is 0 Å². The van der Waals surface area contributed by atoms with Crippen molar-refractivity contribution in [3.05, 3.63) is 65.9 Å². The molecule has 1 aliphatic carbocycles. The van der Waals surface area contributed by atoms with E-state index in [-0.39, 0.29) is 6.10 Å². The molecule has 6 nitrogen and oxygen atoms in total. The van der Waals surface area contributed by atoms with Crippen LogP contribution in [0.15, 0.2) is 48.9 Å². The third-order valence-electron chi connectivity index (χ3n) is 6.07. The molecule has 1 saturated heterocycles. The lowest BCUT2D eigenvalue weighted by atomic mass is 9.90. The van der Waals surface area contributed by atoms with Crippen molar-refractivity contribution in [1.82, 2.24) is 19.9 Å². The summed E-state index contributed by atoms with van der Waals surface area (Å²) >= 11 is 0. The Hall–Kier alpha value is -2.99. The van der Waals surface area contributed by atoms with Crippen LogP contribution in [0.4, 0.5) is 0 Å². The largest absolute Gasteiger partial charge is 0.486 e. The molecule has 0 unspecified atom stereocenters. The van der Waals surface area contributed by atoms with Gasteiger partial charge in [0.25, 0.3) is 0 Å². The molecule has 5 rings (SSSR count). The first-order chi connectivity index (χ1) is 15.3. The van der Waals surface area contributed by atoms with Crippen LogP contribution in [0.1, 0.15) is 36.7 Å². The molecular weight excluding hydrogens is 388 g/mol. The summed E-state index contributed by atoms with van der Waals surface area (Å²) in [5.74, 6) is 1.47. The van der Waals surface area contributed by atoms with E-state index in [2.05, 4.69) is 33.9 Å². The summed E-state index contributed by atoms with van der Waals surface area (Å²) in [6, 6.07) is 10.00. The maximum Gasteiger partial charge on any atom is 0.214 e. The smallest absolute Gasteiger partial charge is 0.214 e. The average Bonchev–Trinajstić information content (AvgIpc) is 2.80. The maximum atomic E-state index is 6.16. The van der Waals surface area contributed by atoms with E-state index in [1.54, 1.807) is 6.20 Å². The molecule has 6 heteroatoms. The average molecular weight is 417 g/mol. The topological polar surface area (TPSA) is 60.4 Å². The molecular formula is C25H28N4O2. The fourth-order valence-electron chi connectivity index (χ4n) is 4.32. The highest BCUT2D eigenvalue weighted by molar-refractivity contribution is 5.70. The zero-order valence-corrected chi connectivity index (χ0v) is 18.0. The number of hydrogen-bond acceptors (Lipinski definition) is 6. The van der Waals surface area contributed by atoms with Gasteiger partial charge < -0.3 is 9.47 Å². The molecule has 3 aromatic heterocycles. The number of fused-ring (bicyclic) bond motifs is 1. The summed E-state index contributed by atoms with van der Waals surface area (Å²) in [4.78, 5) is 16.0. The van der Waals surface area contributed by atoms with Crippen molar-refractivity contribution in [3.63, 3.8) is 0 Å². The lowest BCUT2D eigenvalue weighted by Crippen LogP contribution is -2.53.